The molecule has 0 saturated carbocycles. The van der Waals surface area contributed by atoms with Crippen LogP contribution >= 0.6 is 0 Å². The SMILES string of the molecule is CCN(CC)c1ccc2c(c1)Oc1cc(N(CC)CC)ccc1C21c2ccccc2C(=O)N1/N=C/c1ccccc1C(=O)O. The number of hydrogen-bond donors (Lipinski definition) is 1. The molecule has 0 fully saturated rings. The fraction of sp³-hybridized carbons (Fsp3) is 0.250. The number of nitrogens with zero attached hydrogens (tertiary/aromatic N) is 4. The van der Waals surface area contributed by atoms with Crippen molar-refractivity contribution in [3.8, 4) is 11.5 Å². The first-order valence-electron chi connectivity index (χ1n) is 15.2. The molecule has 4 aromatic rings. The zero-order valence-corrected chi connectivity index (χ0v) is 25.4. The van der Waals surface area contributed by atoms with Crippen molar-refractivity contribution < 1.29 is 19.4 Å². The molecule has 0 radical (unpaired) electrons. The Morgan fingerprint density at radius 3 is 1.91 bits per heavy atom. The first kappa shape index (κ1) is 29.0. The van der Waals surface area contributed by atoms with Gasteiger partial charge >= 0.3 is 5.97 Å². The number of carboxylic acids is 1. The molecule has 0 unspecified atom stereocenters. The molecule has 0 saturated heterocycles. The van der Waals surface area contributed by atoms with Crippen molar-refractivity contribution in [1.82, 2.24) is 5.01 Å². The third-order valence-corrected chi connectivity index (χ3v) is 8.75. The molecule has 224 valence electrons. The lowest BCUT2D eigenvalue weighted by Crippen LogP contribution is -2.44. The fourth-order valence-electron chi connectivity index (χ4n) is 6.57. The van der Waals surface area contributed by atoms with Crippen LogP contribution in [0.3, 0.4) is 0 Å². The summed E-state index contributed by atoms with van der Waals surface area (Å²) >= 11 is 0. The Morgan fingerprint density at radius 2 is 1.34 bits per heavy atom. The highest BCUT2D eigenvalue weighted by molar-refractivity contribution is 6.04. The van der Waals surface area contributed by atoms with E-state index in [9.17, 15) is 14.7 Å². The molecule has 0 aromatic heterocycles. The maximum Gasteiger partial charge on any atom is 0.336 e. The second kappa shape index (κ2) is 11.5. The lowest BCUT2D eigenvalue weighted by molar-refractivity contribution is 0.0674. The van der Waals surface area contributed by atoms with Gasteiger partial charge in [-0.15, -0.1) is 0 Å². The van der Waals surface area contributed by atoms with Gasteiger partial charge in [0.1, 0.15) is 17.0 Å². The number of benzene rings is 4. The number of anilines is 2. The van der Waals surface area contributed by atoms with Gasteiger partial charge in [0.25, 0.3) is 5.91 Å². The minimum Gasteiger partial charge on any atom is -0.478 e. The predicted molar refractivity (Wildman–Crippen MR) is 174 cm³/mol. The zero-order chi connectivity index (χ0) is 31.0. The topological polar surface area (TPSA) is 85.7 Å². The van der Waals surface area contributed by atoms with Crippen molar-refractivity contribution >= 4 is 29.5 Å². The molecule has 44 heavy (non-hydrogen) atoms. The molecule has 2 aliphatic heterocycles. The number of rotatable bonds is 9. The first-order valence-corrected chi connectivity index (χ1v) is 15.2. The molecule has 4 aromatic carbocycles. The average molecular weight is 589 g/mol. The van der Waals surface area contributed by atoms with E-state index in [1.807, 2.05) is 48.5 Å². The highest BCUT2D eigenvalue weighted by atomic mass is 16.5. The van der Waals surface area contributed by atoms with Crippen LogP contribution < -0.4 is 14.5 Å². The molecule has 0 aliphatic carbocycles. The van der Waals surface area contributed by atoms with Gasteiger partial charge in [0.2, 0.25) is 0 Å². The van der Waals surface area contributed by atoms with Crippen LogP contribution in [0, 0.1) is 0 Å². The smallest absolute Gasteiger partial charge is 0.336 e. The number of carboxylic acid groups (broad SMARTS) is 1. The summed E-state index contributed by atoms with van der Waals surface area (Å²) in [4.78, 5) is 30.8. The number of aromatic carboxylic acids is 1. The van der Waals surface area contributed by atoms with E-state index >= 15 is 0 Å². The number of ether oxygens (including phenoxy) is 1. The highest BCUT2D eigenvalue weighted by Gasteiger charge is 2.57. The fourth-order valence-corrected chi connectivity index (χ4v) is 6.57. The van der Waals surface area contributed by atoms with Crippen LogP contribution in [0.2, 0.25) is 0 Å². The Bertz CT molecular complexity index is 1710. The van der Waals surface area contributed by atoms with Crippen LogP contribution in [-0.4, -0.2) is 54.4 Å². The minimum atomic E-state index is -1.14. The number of fused-ring (bicyclic) bond motifs is 6. The molecule has 6 rings (SSSR count). The summed E-state index contributed by atoms with van der Waals surface area (Å²) in [7, 11) is 0. The van der Waals surface area contributed by atoms with Gasteiger partial charge in [0.15, 0.2) is 0 Å². The van der Waals surface area contributed by atoms with E-state index in [-0.39, 0.29) is 11.5 Å². The summed E-state index contributed by atoms with van der Waals surface area (Å²) in [6.45, 7) is 11.8. The zero-order valence-electron chi connectivity index (χ0n) is 25.4. The van der Waals surface area contributed by atoms with Gasteiger partial charge in [-0.05, 0) is 52.0 Å². The molecule has 8 heteroatoms. The van der Waals surface area contributed by atoms with Gasteiger partial charge in [0.05, 0.1) is 11.8 Å². The number of hydrogen-bond acceptors (Lipinski definition) is 6. The Labute approximate surface area is 257 Å². The lowest BCUT2D eigenvalue weighted by atomic mass is 9.75. The number of carbonyl (C=O) groups excluding carboxylic acids is 1. The molecule has 1 spiro atoms. The van der Waals surface area contributed by atoms with E-state index in [1.165, 1.54) is 17.3 Å². The van der Waals surface area contributed by atoms with Gasteiger partial charge in [-0.3, -0.25) is 4.79 Å². The number of carbonyl (C=O) groups is 2. The molecule has 0 atom stereocenters. The number of amides is 1. The average Bonchev–Trinajstić information content (AvgIpc) is 3.29. The van der Waals surface area contributed by atoms with E-state index in [1.54, 1.807) is 18.2 Å². The standard InChI is InChI=1S/C36H36N4O4/c1-5-38(6-2)25-17-19-30-32(21-25)44-33-22-26(39(7-3)8-4)18-20-31(33)36(30)29-16-12-11-15-28(29)34(41)40(36)37-23-24-13-9-10-14-27(24)35(42)43/h9-23H,5-8H2,1-4H3,(H,42,43)/b37-23+. The van der Waals surface area contributed by atoms with E-state index in [4.69, 9.17) is 9.84 Å². The van der Waals surface area contributed by atoms with Crippen LogP contribution in [0.1, 0.15) is 70.7 Å². The maximum atomic E-state index is 14.3. The predicted octanol–water partition coefficient (Wildman–Crippen LogP) is 6.96. The van der Waals surface area contributed by atoms with E-state index in [0.29, 0.717) is 22.6 Å². The van der Waals surface area contributed by atoms with E-state index < -0.39 is 11.5 Å². The van der Waals surface area contributed by atoms with Gasteiger partial charge in [-0.1, -0.05) is 48.5 Å². The summed E-state index contributed by atoms with van der Waals surface area (Å²) in [5, 5.41) is 16.1. The van der Waals surface area contributed by atoms with Crippen LogP contribution in [0.25, 0.3) is 0 Å². The monoisotopic (exact) mass is 588 g/mol. The van der Waals surface area contributed by atoms with Crippen molar-refractivity contribution in [3.63, 3.8) is 0 Å². The third kappa shape index (κ3) is 4.40. The lowest BCUT2D eigenvalue weighted by Gasteiger charge is -2.42. The van der Waals surface area contributed by atoms with Gasteiger partial charge < -0.3 is 19.6 Å². The van der Waals surface area contributed by atoms with Crippen molar-refractivity contribution in [1.29, 1.82) is 0 Å². The summed E-state index contributed by atoms with van der Waals surface area (Å²) in [6, 6.07) is 26.5. The Morgan fingerprint density at radius 1 is 0.795 bits per heavy atom. The quantitative estimate of drug-likeness (QED) is 0.213. The van der Waals surface area contributed by atoms with Crippen LogP contribution in [0.5, 0.6) is 11.5 Å². The molecule has 8 nitrogen and oxygen atoms in total. The van der Waals surface area contributed by atoms with Gasteiger partial charge in [-0.25, -0.2) is 9.80 Å². The molecule has 1 N–H and O–H groups in total. The normalized spacial score (nSPS) is 14.3. The van der Waals surface area contributed by atoms with Crippen LogP contribution in [-0.2, 0) is 5.54 Å². The number of hydrazone groups is 1. The Kier molecular flexibility index (Phi) is 7.59. The second-order valence-electron chi connectivity index (χ2n) is 10.8. The van der Waals surface area contributed by atoms with E-state index in [0.717, 1.165) is 54.2 Å². The van der Waals surface area contributed by atoms with Crippen molar-refractivity contribution in [2.75, 3.05) is 36.0 Å². The van der Waals surface area contributed by atoms with Crippen LogP contribution in [0.4, 0.5) is 11.4 Å². The van der Waals surface area contributed by atoms with Crippen molar-refractivity contribution in [2.45, 2.75) is 33.2 Å². The summed E-state index contributed by atoms with van der Waals surface area (Å²) in [5.74, 6) is -0.0417. The first-order chi connectivity index (χ1) is 21.4. The Hall–Kier alpha value is -5.11. The minimum absolute atomic E-state index is 0.106. The molecule has 1 amide bonds. The molecular formula is C36H36N4O4. The third-order valence-electron chi connectivity index (χ3n) is 8.75. The summed E-state index contributed by atoms with van der Waals surface area (Å²) < 4.78 is 6.71. The molecule has 2 aliphatic rings. The molecule has 0 bridgehead atoms. The van der Waals surface area contributed by atoms with Crippen LogP contribution in [0.15, 0.2) is 90.0 Å². The molecular weight excluding hydrogens is 552 g/mol. The Balaban J connectivity index is 1.64. The van der Waals surface area contributed by atoms with Crippen molar-refractivity contribution in [2.24, 2.45) is 5.10 Å². The maximum absolute atomic E-state index is 14.3. The summed E-state index contributed by atoms with van der Waals surface area (Å²) in [6.07, 6.45) is 1.47. The second-order valence-corrected chi connectivity index (χ2v) is 10.8. The van der Waals surface area contributed by atoms with Gasteiger partial charge in [0, 0.05) is 77.5 Å². The largest absolute Gasteiger partial charge is 0.478 e. The summed E-state index contributed by atoms with van der Waals surface area (Å²) in [5.41, 5.74) is 4.33. The van der Waals surface area contributed by atoms with E-state index in [2.05, 4.69) is 49.6 Å². The van der Waals surface area contributed by atoms with Gasteiger partial charge in [-0.2, -0.15) is 5.10 Å². The van der Waals surface area contributed by atoms with Crippen molar-refractivity contribution in [3.05, 3.63) is 118 Å². The highest BCUT2D eigenvalue weighted by Crippen LogP contribution is 2.58. The molecule has 2 heterocycles.